The molecular formula is C19H17ClN4O5. The molecule has 2 aromatic carbocycles. The quantitative estimate of drug-likeness (QED) is 0.553. The van der Waals surface area contributed by atoms with Gasteiger partial charge in [-0.3, -0.25) is 24.5 Å². The Morgan fingerprint density at radius 1 is 1.21 bits per heavy atom. The van der Waals surface area contributed by atoms with Gasteiger partial charge in [0.25, 0.3) is 11.6 Å². The molecule has 0 unspecified atom stereocenters. The number of carbonyl (C=O) groups excluding carboxylic acids is 3. The number of halogens is 1. The van der Waals surface area contributed by atoms with Crippen molar-refractivity contribution in [3.8, 4) is 0 Å². The van der Waals surface area contributed by atoms with Crippen LogP contribution < -0.4 is 15.5 Å². The van der Waals surface area contributed by atoms with Crippen LogP contribution >= 0.6 is 11.6 Å². The molecule has 29 heavy (non-hydrogen) atoms. The Hall–Kier alpha value is -3.46. The summed E-state index contributed by atoms with van der Waals surface area (Å²) in [5.74, 6) is -1.10. The van der Waals surface area contributed by atoms with Gasteiger partial charge in [-0.05, 0) is 30.7 Å². The fourth-order valence-electron chi connectivity index (χ4n) is 2.93. The SMILES string of the molecule is O=C(CNC(=O)c1cccc([N+](=O)[O-])c1)Nc1ccc(N2CCCC2=O)c(Cl)c1. The maximum absolute atomic E-state index is 12.1. The first-order chi connectivity index (χ1) is 13.8. The normalized spacial score (nSPS) is 13.3. The van der Waals surface area contributed by atoms with E-state index in [0.717, 1.165) is 12.5 Å². The number of anilines is 2. The summed E-state index contributed by atoms with van der Waals surface area (Å²) in [6, 6.07) is 10.0. The number of hydrogen-bond acceptors (Lipinski definition) is 5. The lowest BCUT2D eigenvalue weighted by Gasteiger charge is -2.18. The van der Waals surface area contributed by atoms with Crippen LogP contribution in [0.4, 0.5) is 17.1 Å². The molecule has 2 aromatic rings. The van der Waals surface area contributed by atoms with Crippen molar-refractivity contribution in [2.75, 3.05) is 23.3 Å². The predicted octanol–water partition coefficient (Wildman–Crippen LogP) is 2.74. The molecule has 9 nitrogen and oxygen atoms in total. The van der Waals surface area contributed by atoms with Crippen LogP contribution in [0.1, 0.15) is 23.2 Å². The van der Waals surface area contributed by atoms with E-state index in [9.17, 15) is 24.5 Å². The van der Waals surface area contributed by atoms with Crippen LogP contribution in [-0.4, -0.2) is 35.7 Å². The van der Waals surface area contributed by atoms with E-state index in [0.29, 0.717) is 29.4 Å². The zero-order chi connectivity index (χ0) is 21.0. The summed E-state index contributed by atoms with van der Waals surface area (Å²) >= 11 is 6.24. The topological polar surface area (TPSA) is 122 Å². The molecule has 0 bridgehead atoms. The first kappa shape index (κ1) is 20.3. The predicted molar refractivity (Wildman–Crippen MR) is 107 cm³/mol. The van der Waals surface area contributed by atoms with Crippen LogP contribution in [0, 0.1) is 10.1 Å². The molecule has 0 aromatic heterocycles. The lowest BCUT2D eigenvalue weighted by atomic mass is 10.2. The van der Waals surface area contributed by atoms with Crippen molar-refractivity contribution >= 4 is 46.4 Å². The zero-order valence-corrected chi connectivity index (χ0v) is 15.9. The second-order valence-corrected chi connectivity index (χ2v) is 6.76. The molecule has 3 rings (SSSR count). The summed E-state index contributed by atoms with van der Waals surface area (Å²) < 4.78 is 0. The lowest BCUT2D eigenvalue weighted by Crippen LogP contribution is -2.32. The Morgan fingerprint density at radius 3 is 2.66 bits per heavy atom. The van der Waals surface area contributed by atoms with E-state index in [1.807, 2.05) is 0 Å². The van der Waals surface area contributed by atoms with Gasteiger partial charge in [0.05, 0.1) is 22.2 Å². The van der Waals surface area contributed by atoms with Gasteiger partial charge in [-0.2, -0.15) is 0 Å². The van der Waals surface area contributed by atoms with Gasteiger partial charge in [-0.15, -0.1) is 0 Å². The van der Waals surface area contributed by atoms with Crippen LogP contribution in [0.3, 0.4) is 0 Å². The van der Waals surface area contributed by atoms with Gasteiger partial charge in [-0.1, -0.05) is 17.7 Å². The highest BCUT2D eigenvalue weighted by Crippen LogP contribution is 2.31. The summed E-state index contributed by atoms with van der Waals surface area (Å²) in [5, 5.41) is 16.1. The third-order valence-electron chi connectivity index (χ3n) is 4.32. The minimum absolute atomic E-state index is 0.00699. The molecule has 0 saturated carbocycles. The average molecular weight is 417 g/mol. The number of nitrogens with zero attached hydrogens (tertiary/aromatic N) is 2. The highest BCUT2D eigenvalue weighted by molar-refractivity contribution is 6.34. The van der Waals surface area contributed by atoms with Gasteiger partial charge < -0.3 is 15.5 Å². The minimum Gasteiger partial charge on any atom is -0.343 e. The van der Waals surface area contributed by atoms with Gasteiger partial charge in [0.15, 0.2) is 0 Å². The molecule has 0 aliphatic carbocycles. The van der Waals surface area contributed by atoms with Crippen LogP contribution in [0.25, 0.3) is 0 Å². The van der Waals surface area contributed by atoms with E-state index in [1.165, 1.54) is 24.3 Å². The number of nitrogens with one attached hydrogen (secondary N) is 2. The number of carbonyl (C=O) groups is 3. The van der Waals surface area contributed by atoms with Crippen LogP contribution in [0.2, 0.25) is 5.02 Å². The summed E-state index contributed by atoms with van der Waals surface area (Å²) in [4.78, 5) is 47.8. The third kappa shape index (κ3) is 4.88. The molecule has 3 amide bonds. The monoisotopic (exact) mass is 416 g/mol. The summed E-state index contributed by atoms with van der Waals surface area (Å²) in [6.07, 6.45) is 1.26. The molecule has 0 radical (unpaired) electrons. The lowest BCUT2D eigenvalue weighted by molar-refractivity contribution is -0.384. The Labute approximate surface area is 170 Å². The molecule has 150 valence electrons. The summed E-state index contributed by atoms with van der Waals surface area (Å²) in [5.41, 5.74) is 0.870. The van der Waals surface area contributed by atoms with Crippen LogP contribution in [0.15, 0.2) is 42.5 Å². The van der Waals surface area contributed by atoms with Gasteiger partial charge >= 0.3 is 0 Å². The number of nitro groups is 1. The van der Waals surface area contributed by atoms with Crippen molar-refractivity contribution in [2.24, 2.45) is 0 Å². The molecule has 1 heterocycles. The van der Waals surface area contributed by atoms with Crippen molar-refractivity contribution in [3.05, 3.63) is 63.2 Å². The first-order valence-corrected chi connectivity index (χ1v) is 9.15. The second kappa shape index (κ2) is 8.70. The maximum Gasteiger partial charge on any atom is 0.270 e. The number of non-ortho nitro benzene ring substituents is 1. The smallest absolute Gasteiger partial charge is 0.270 e. The Bertz CT molecular complexity index is 994. The van der Waals surface area contributed by atoms with Gasteiger partial charge in [0, 0.05) is 36.3 Å². The molecule has 1 aliphatic heterocycles. The minimum atomic E-state index is -0.607. The Balaban J connectivity index is 1.57. The van der Waals surface area contributed by atoms with E-state index in [-0.39, 0.29) is 23.7 Å². The molecular weight excluding hydrogens is 400 g/mol. The second-order valence-electron chi connectivity index (χ2n) is 6.35. The van der Waals surface area contributed by atoms with Crippen molar-refractivity contribution in [3.63, 3.8) is 0 Å². The third-order valence-corrected chi connectivity index (χ3v) is 4.63. The van der Waals surface area contributed by atoms with Crippen molar-refractivity contribution in [1.82, 2.24) is 5.32 Å². The van der Waals surface area contributed by atoms with E-state index < -0.39 is 16.7 Å². The van der Waals surface area contributed by atoms with Crippen molar-refractivity contribution in [1.29, 1.82) is 0 Å². The highest BCUT2D eigenvalue weighted by atomic mass is 35.5. The van der Waals surface area contributed by atoms with Crippen molar-refractivity contribution in [2.45, 2.75) is 12.8 Å². The van der Waals surface area contributed by atoms with E-state index in [4.69, 9.17) is 11.6 Å². The fourth-order valence-corrected chi connectivity index (χ4v) is 3.22. The van der Waals surface area contributed by atoms with Crippen LogP contribution in [0.5, 0.6) is 0 Å². The number of nitro benzene ring substituents is 1. The Morgan fingerprint density at radius 2 is 2.00 bits per heavy atom. The van der Waals surface area contributed by atoms with Gasteiger partial charge in [0.2, 0.25) is 11.8 Å². The van der Waals surface area contributed by atoms with Gasteiger partial charge in [0.1, 0.15) is 0 Å². The summed E-state index contributed by atoms with van der Waals surface area (Å²) in [7, 11) is 0. The molecule has 2 N–H and O–H groups in total. The number of amides is 3. The van der Waals surface area contributed by atoms with E-state index in [2.05, 4.69) is 10.6 Å². The molecule has 1 saturated heterocycles. The molecule has 10 heteroatoms. The largest absolute Gasteiger partial charge is 0.343 e. The van der Waals surface area contributed by atoms with Crippen LogP contribution in [-0.2, 0) is 9.59 Å². The van der Waals surface area contributed by atoms with Crippen molar-refractivity contribution < 1.29 is 19.3 Å². The van der Waals surface area contributed by atoms with Gasteiger partial charge in [-0.25, -0.2) is 0 Å². The average Bonchev–Trinajstić information content (AvgIpc) is 3.12. The number of rotatable bonds is 6. The fraction of sp³-hybridized carbons (Fsp3) is 0.211. The highest BCUT2D eigenvalue weighted by Gasteiger charge is 2.23. The standard InChI is InChI=1S/C19H17ClN4O5/c20-15-10-13(6-7-16(15)23-8-2-5-18(23)26)22-17(25)11-21-19(27)12-3-1-4-14(9-12)24(28)29/h1,3-4,6-7,9-10H,2,5,8,11H2,(H,21,27)(H,22,25). The number of hydrogen-bond donors (Lipinski definition) is 2. The molecule has 1 aliphatic rings. The zero-order valence-electron chi connectivity index (χ0n) is 15.2. The molecule has 0 atom stereocenters. The molecule has 1 fully saturated rings. The summed E-state index contributed by atoms with van der Waals surface area (Å²) in [6.45, 7) is 0.277. The van der Waals surface area contributed by atoms with E-state index in [1.54, 1.807) is 17.0 Å². The molecule has 0 spiro atoms. The maximum atomic E-state index is 12.1. The first-order valence-electron chi connectivity index (χ1n) is 8.77. The Kier molecular flexibility index (Phi) is 6.08. The van der Waals surface area contributed by atoms with E-state index >= 15 is 0 Å². The number of benzene rings is 2.